The summed E-state index contributed by atoms with van der Waals surface area (Å²) in [4.78, 5) is 32.0. The van der Waals surface area contributed by atoms with Gasteiger partial charge in [-0.2, -0.15) is 0 Å². The lowest BCUT2D eigenvalue weighted by Crippen LogP contribution is -2.29. The van der Waals surface area contributed by atoms with Gasteiger partial charge < -0.3 is 10.0 Å². The molecule has 1 aliphatic rings. The Kier molecular flexibility index (Phi) is 5.98. The highest BCUT2D eigenvalue weighted by Crippen LogP contribution is 2.40. The molecule has 0 radical (unpaired) electrons. The van der Waals surface area contributed by atoms with Gasteiger partial charge in [-0.15, -0.1) is 0 Å². The van der Waals surface area contributed by atoms with Crippen LogP contribution < -0.4 is 0 Å². The Morgan fingerprint density at radius 2 is 1.84 bits per heavy atom. The normalized spacial score (nSPS) is 17.8. The van der Waals surface area contributed by atoms with E-state index in [-0.39, 0.29) is 17.9 Å². The molecule has 3 aromatic rings. The lowest BCUT2D eigenvalue weighted by Gasteiger charge is -2.26. The van der Waals surface area contributed by atoms with E-state index in [2.05, 4.69) is 20.9 Å². The smallest absolute Gasteiger partial charge is 0.295 e. The van der Waals surface area contributed by atoms with Crippen LogP contribution in [0, 0.1) is 20.8 Å². The number of carbonyl (C=O) groups is 2. The number of nitrogens with zero attached hydrogens (tertiary/aromatic N) is 2. The zero-order chi connectivity index (χ0) is 23.0. The number of pyridine rings is 1. The number of amides is 1. The number of ketones is 1. The van der Waals surface area contributed by atoms with E-state index in [0.717, 1.165) is 26.7 Å². The third-order valence-electron chi connectivity index (χ3n) is 5.82. The van der Waals surface area contributed by atoms with Crippen molar-refractivity contribution >= 4 is 33.4 Å². The van der Waals surface area contributed by atoms with Gasteiger partial charge in [0, 0.05) is 29.0 Å². The van der Waals surface area contributed by atoms with Gasteiger partial charge in [0.05, 0.1) is 11.6 Å². The quantitative estimate of drug-likeness (QED) is 0.302. The highest BCUT2D eigenvalue weighted by atomic mass is 79.9. The molecule has 1 aliphatic heterocycles. The van der Waals surface area contributed by atoms with Crippen molar-refractivity contribution in [3.05, 3.63) is 104 Å². The molecule has 2 heterocycles. The van der Waals surface area contributed by atoms with Gasteiger partial charge in [-0.1, -0.05) is 51.8 Å². The van der Waals surface area contributed by atoms with Crippen molar-refractivity contribution in [3.8, 4) is 0 Å². The van der Waals surface area contributed by atoms with Crippen molar-refractivity contribution < 1.29 is 14.7 Å². The van der Waals surface area contributed by atoms with Crippen molar-refractivity contribution in [1.29, 1.82) is 0 Å². The van der Waals surface area contributed by atoms with Crippen molar-refractivity contribution in [3.63, 3.8) is 0 Å². The maximum atomic E-state index is 13.2. The van der Waals surface area contributed by atoms with Gasteiger partial charge in [0.15, 0.2) is 0 Å². The van der Waals surface area contributed by atoms with E-state index in [1.807, 2.05) is 51.1 Å². The minimum absolute atomic E-state index is 0.0787. The van der Waals surface area contributed by atoms with Crippen LogP contribution in [0.25, 0.3) is 5.76 Å². The van der Waals surface area contributed by atoms with Crippen LogP contribution in [0.1, 0.15) is 39.4 Å². The fraction of sp³-hybridized carbons (Fsp3) is 0.192. The molecule has 6 heteroatoms. The molecule has 32 heavy (non-hydrogen) atoms. The monoisotopic (exact) mass is 490 g/mol. The van der Waals surface area contributed by atoms with E-state index in [0.29, 0.717) is 11.1 Å². The molecule has 162 valence electrons. The van der Waals surface area contributed by atoms with Gasteiger partial charge in [-0.3, -0.25) is 14.6 Å². The predicted octanol–water partition coefficient (Wildman–Crippen LogP) is 5.39. The zero-order valence-corrected chi connectivity index (χ0v) is 19.7. The minimum Gasteiger partial charge on any atom is -0.507 e. The summed E-state index contributed by atoms with van der Waals surface area (Å²) < 4.78 is 0.897. The number of rotatable bonds is 4. The largest absolute Gasteiger partial charge is 0.507 e. The molecule has 1 amide bonds. The molecule has 1 saturated heterocycles. The summed E-state index contributed by atoms with van der Waals surface area (Å²) >= 11 is 3.46. The second-order valence-corrected chi connectivity index (χ2v) is 8.96. The molecular weight excluding hydrogens is 468 g/mol. The first-order chi connectivity index (χ1) is 15.3. The average Bonchev–Trinajstić information content (AvgIpc) is 3.03. The Hall–Kier alpha value is -3.25. The topological polar surface area (TPSA) is 70.5 Å². The molecule has 2 aromatic carbocycles. The maximum Gasteiger partial charge on any atom is 0.295 e. The molecule has 0 aliphatic carbocycles. The molecule has 4 rings (SSSR count). The Morgan fingerprint density at radius 3 is 2.53 bits per heavy atom. The third-order valence-corrected chi connectivity index (χ3v) is 6.71. The number of hydrogen-bond acceptors (Lipinski definition) is 4. The number of aliphatic hydroxyl groups is 1. The summed E-state index contributed by atoms with van der Waals surface area (Å²) in [6.07, 6.45) is 3.27. The number of carbonyl (C=O) groups excluding carboxylic acids is 2. The van der Waals surface area contributed by atoms with Gasteiger partial charge in [-0.25, -0.2) is 0 Å². The van der Waals surface area contributed by atoms with Crippen LogP contribution in [-0.4, -0.2) is 26.7 Å². The first-order valence-electron chi connectivity index (χ1n) is 10.3. The van der Waals surface area contributed by atoms with E-state index in [4.69, 9.17) is 0 Å². The lowest BCUT2D eigenvalue weighted by atomic mass is 9.95. The first kappa shape index (κ1) is 22.0. The average molecular weight is 491 g/mol. The Morgan fingerprint density at radius 1 is 1.06 bits per heavy atom. The van der Waals surface area contributed by atoms with Gasteiger partial charge >= 0.3 is 0 Å². The number of likely N-dealkylation sites (tertiary alicyclic amines) is 1. The molecule has 1 fully saturated rings. The number of aryl methyl sites for hydroxylation is 3. The van der Waals surface area contributed by atoms with Crippen LogP contribution >= 0.6 is 15.9 Å². The van der Waals surface area contributed by atoms with E-state index in [1.165, 1.54) is 4.90 Å². The number of aliphatic hydroxyl groups excluding tert-OH is 1. The van der Waals surface area contributed by atoms with Gasteiger partial charge in [0.1, 0.15) is 5.76 Å². The van der Waals surface area contributed by atoms with Crippen LogP contribution in [0.15, 0.2) is 71.0 Å². The second-order valence-electron chi connectivity index (χ2n) is 8.11. The second kappa shape index (κ2) is 8.71. The molecule has 0 bridgehead atoms. The van der Waals surface area contributed by atoms with Crippen molar-refractivity contribution in [2.75, 3.05) is 0 Å². The summed E-state index contributed by atoms with van der Waals surface area (Å²) in [7, 11) is 0. The predicted molar refractivity (Wildman–Crippen MR) is 127 cm³/mol. The summed E-state index contributed by atoms with van der Waals surface area (Å²) in [5.41, 5.74) is 5.22. The molecule has 5 nitrogen and oxygen atoms in total. The SMILES string of the molecule is Cc1ccc(C)c(CN2C(=O)C(=O)/C(=C(\O)c3ccc(Br)c(C)c3)C2c2cccnc2)c1. The summed E-state index contributed by atoms with van der Waals surface area (Å²) in [5, 5.41) is 11.2. The standard InChI is InChI=1S/C26H23BrN2O3/c1-15-6-7-16(2)20(11-15)14-29-23(19-5-4-10-28-13-19)22(25(31)26(29)32)24(30)18-8-9-21(27)17(3)12-18/h4-13,23,30H,14H2,1-3H3/b24-22-. The molecule has 0 saturated carbocycles. The van der Waals surface area contributed by atoms with Crippen LogP contribution in [-0.2, 0) is 16.1 Å². The van der Waals surface area contributed by atoms with E-state index >= 15 is 0 Å². The van der Waals surface area contributed by atoms with Gasteiger partial charge in [-0.05, 0) is 61.2 Å². The van der Waals surface area contributed by atoms with Crippen LogP contribution in [0.2, 0.25) is 0 Å². The van der Waals surface area contributed by atoms with E-state index < -0.39 is 17.7 Å². The van der Waals surface area contributed by atoms with Crippen LogP contribution in [0.5, 0.6) is 0 Å². The van der Waals surface area contributed by atoms with Crippen molar-refractivity contribution in [1.82, 2.24) is 9.88 Å². The van der Waals surface area contributed by atoms with Crippen molar-refractivity contribution in [2.24, 2.45) is 0 Å². The first-order valence-corrected chi connectivity index (χ1v) is 11.1. The number of Topliss-reactive ketones (excluding diaryl/α,β-unsaturated/α-hetero) is 1. The Bertz CT molecular complexity index is 1250. The molecule has 1 atom stereocenters. The van der Waals surface area contributed by atoms with Crippen LogP contribution in [0.4, 0.5) is 0 Å². The summed E-state index contributed by atoms with van der Waals surface area (Å²) in [6.45, 7) is 6.13. The zero-order valence-electron chi connectivity index (χ0n) is 18.1. The Labute approximate surface area is 195 Å². The highest BCUT2D eigenvalue weighted by Gasteiger charge is 2.46. The Balaban J connectivity index is 1.87. The van der Waals surface area contributed by atoms with Gasteiger partial charge in [0.25, 0.3) is 11.7 Å². The number of benzene rings is 2. The summed E-state index contributed by atoms with van der Waals surface area (Å²) in [5.74, 6) is -1.51. The highest BCUT2D eigenvalue weighted by molar-refractivity contribution is 9.10. The van der Waals surface area contributed by atoms with Crippen molar-refractivity contribution in [2.45, 2.75) is 33.4 Å². The fourth-order valence-corrected chi connectivity index (χ4v) is 4.28. The van der Waals surface area contributed by atoms with E-state index in [9.17, 15) is 14.7 Å². The molecule has 1 aromatic heterocycles. The third kappa shape index (κ3) is 3.98. The minimum atomic E-state index is -0.729. The van der Waals surface area contributed by atoms with Crippen LogP contribution in [0.3, 0.4) is 0 Å². The maximum absolute atomic E-state index is 13.2. The van der Waals surface area contributed by atoms with E-state index in [1.54, 1.807) is 30.6 Å². The molecule has 1 N–H and O–H groups in total. The molecule has 0 spiro atoms. The molecular formula is C26H23BrN2O3. The number of halogens is 1. The fourth-order valence-electron chi connectivity index (χ4n) is 4.03. The molecule has 1 unspecified atom stereocenters. The lowest BCUT2D eigenvalue weighted by molar-refractivity contribution is -0.140. The van der Waals surface area contributed by atoms with Gasteiger partial charge in [0.2, 0.25) is 0 Å². The number of hydrogen-bond donors (Lipinski definition) is 1. The number of aromatic nitrogens is 1. The summed E-state index contributed by atoms with van der Waals surface area (Å²) in [6, 6.07) is 14.2.